The van der Waals surface area contributed by atoms with Crippen molar-refractivity contribution in [3.63, 3.8) is 0 Å². The van der Waals surface area contributed by atoms with Crippen LogP contribution in [0.25, 0.3) is 0 Å². The molecule has 2 nitrogen and oxygen atoms in total. The normalized spacial score (nSPS) is 5.78. The van der Waals surface area contributed by atoms with E-state index in [0.717, 1.165) is 0 Å². The molecule has 0 amide bonds. The fraction of sp³-hybridized carbons (Fsp3) is 0. The molecular weight excluding hydrogens is 136 g/mol. The summed E-state index contributed by atoms with van der Waals surface area (Å²) in [6, 6.07) is 5.72. The Morgan fingerprint density at radius 1 is 1.00 bits per heavy atom. The number of hydrogen-bond acceptors (Lipinski definition) is 2. The van der Waals surface area contributed by atoms with E-state index in [9.17, 15) is 0 Å². The van der Waals surface area contributed by atoms with Gasteiger partial charge in [0.2, 0.25) is 0 Å². The zero-order valence-corrected chi connectivity index (χ0v) is 5.77. The largest absolute Gasteiger partial charge is 0.317 e. The van der Waals surface area contributed by atoms with Gasteiger partial charge in [-0.1, -0.05) is 6.07 Å². The molecule has 0 bridgehead atoms. The minimum atomic E-state index is 0. The molecule has 0 unspecified atom stereocenters. The van der Waals surface area contributed by atoms with Gasteiger partial charge in [0.25, 0.3) is 0 Å². The molecule has 0 spiro atoms. The zero-order valence-electron chi connectivity index (χ0n) is 4.95. The lowest BCUT2D eigenvalue weighted by Crippen LogP contribution is -1.58. The van der Waals surface area contributed by atoms with Gasteiger partial charge < -0.3 is 5.41 Å². The van der Waals surface area contributed by atoms with E-state index in [1.165, 1.54) is 0 Å². The Hall–Kier alpha value is -0.890. The molecule has 0 aliphatic heterocycles. The Kier molecular flexibility index (Phi) is 12.4. The molecule has 0 radical (unpaired) electrons. The van der Waals surface area contributed by atoms with E-state index >= 15 is 0 Å². The average Bonchev–Trinajstić information content (AvgIpc) is 1.96. The summed E-state index contributed by atoms with van der Waals surface area (Å²) < 4.78 is 0. The number of nitrogens with zero attached hydrogens (tertiary/aromatic N) is 1. The Balaban J connectivity index is 0. The van der Waals surface area contributed by atoms with Crippen LogP contribution in [-0.2, 0) is 0 Å². The van der Waals surface area contributed by atoms with Crippen LogP contribution >= 0.6 is 12.4 Å². The summed E-state index contributed by atoms with van der Waals surface area (Å²) >= 11 is 0. The Labute approximate surface area is 60.9 Å². The molecule has 0 aliphatic carbocycles. The Morgan fingerprint density at radius 2 is 1.44 bits per heavy atom. The smallest absolute Gasteiger partial charge is 0.0267 e. The molecular formula is C6H9ClN2. The van der Waals surface area contributed by atoms with Gasteiger partial charge in [-0.2, -0.15) is 0 Å². The Morgan fingerprint density at radius 3 is 1.56 bits per heavy atom. The van der Waals surface area contributed by atoms with Crippen molar-refractivity contribution in [2.24, 2.45) is 0 Å². The van der Waals surface area contributed by atoms with Crippen molar-refractivity contribution in [2.75, 3.05) is 0 Å². The second-order valence-corrected chi connectivity index (χ2v) is 1.02. The van der Waals surface area contributed by atoms with E-state index in [1.807, 2.05) is 18.2 Å². The molecule has 0 saturated carbocycles. The highest BCUT2D eigenvalue weighted by molar-refractivity contribution is 5.85. The summed E-state index contributed by atoms with van der Waals surface area (Å²) in [7, 11) is 0. The average molecular weight is 145 g/mol. The Bertz CT molecular complexity index is 93.9. The van der Waals surface area contributed by atoms with Crippen LogP contribution in [0.1, 0.15) is 0 Å². The summed E-state index contributed by atoms with van der Waals surface area (Å²) in [6.07, 6.45) is 3.50. The van der Waals surface area contributed by atoms with Gasteiger partial charge in [-0.25, -0.2) is 0 Å². The molecule has 1 heterocycles. The van der Waals surface area contributed by atoms with Gasteiger partial charge in [-0.3, -0.25) is 4.98 Å². The second-order valence-electron chi connectivity index (χ2n) is 1.02. The fourth-order valence-corrected chi connectivity index (χ4v) is 0.313. The molecule has 1 N–H and O–H groups in total. The highest BCUT2D eigenvalue weighted by Crippen LogP contribution is 1.73. The van der Waals surface area contributed by atoms with Crippen molar-refractivity contribution < 1.29 is 0 Å². The van der Waals surface area contributed by atoms with E-state index in [4.69, 9.17) is 5.41 Å². The quantitative estimate of drug-likeness (QED) is 0.554. The predicted octanol–water partition coefficient (Wildman–Crippen LogP) is 1.77. The van der Waals surface area contributed by atoms with Gasteiger partial charge in [0, 0.05) is 12.4 Å². The van der Waals surface area contributed by atoms with E-state index in [1.54, 1.807) is 12.4 Å². The van der Waals surface area contributed by atoms with Crippen LogP contribution in [0.5, 0.6) is 0 Å². The molecule has 1 rings (SSSR count). The molecule has 3 heteroatoms. The van der Waals surface area contributed by atoms with Gasteiger partial charge in [-0.05, 0) is 18.9 Å². The van der Waals surface area contributed by atoms with Crippen LogP contribution in [0.3, 0.4) is 0 Å². The van der Waals surface area contributed by atoms with E-state index in [-0.39, 0.29) is 12.4 Å². The summed E-state index contributed by atoms with van der Waals surface area (Å²) in [5, 5.41) is 5.50. The fourth-order valence-electron chi connectivity index (χ4n) is 0.313. The molecule has 0 aliphatic rings. The third-order valence-electron chi connectivity index (χ3n) is 0.566. The number of pyridine rings is 1. The SMILES string of the molecule is C=N.Cl.c1ccncc1. The van der Waals surface area contributed by atoms with Gasteiger partial charge >= 0.3 is 0 Å². The summed E-state index contributed by atoms with van der Waals surface area (Å²) in [5.74, 6) is 0. The van der Waals surface area contributed by atoms with Gasteiger partial charge in [0.1, 0.15) is 0 Å². The lowest BCUT2D eigenvalue weighted by molar-refractivity contribution is 1.33. The minimum absolute atomic E-state index is 0. The molecule has 0 aromatic carbocycles. The van der Waals surface area contributed by atoms with Crippen LogP contribution in [0.15, 0.2) is 30.6 Å². The van der Waals surface area contributed by atoms with E-state index in [2.05, 4.69) is 11.7 Å². The summed E-state index contributed by atoms with van der Waals surface area (Å²) in [5.41, 5.74) is 0. The molecule has 0 saturated heterocycles. The molecule has 1 aromatic rings. The third-order valence-corrected chi connectivity index (χ3v) is 0.566. The van der Waals surface area contributed by atoms with Crippen LogP contribution in [0.2, 0.25) is 0 Å². The lowest BCUT2D eigenvalue weighted by Gasteiger charge is -1.70. The molecule has 0 atom stereocenters. The number of halogens is 1. The molecule has 1 aromatic heterocycles. The van der Waals surface area contributed by atoms with Gasteiger partial charge in [-0.15, -0.1) is 12.4 Å². The first kappa shape index (κ1) is 11.0. The highest BCUT2D eigenvalue weighted by Gasteiger charge is 1.58. The van der Waals surface area contributed by atoms with E-state index < -0.39 is 0 Å². The number of rotatable bonds is 0. The topological polar surface area (TPSA) is 36.7 Å². The van der Waals surface area contributed by atoms with Crippen LogP contribution in [0, 0.1) is 5.41 Å². The first-order valence-electron chi connectivity index (χ1n) is 2.20. The van der Waals surface area contributed by atoms with Gasteiger partial charge in [0.15, 0.2) is 0 Å². The molecule has 9 heavy (non-hydrogen) atoms. The number of hydrogen-bond donors (Lipinski definition) is 1. The first-order valence-corrected chi connectivity index (χ1v) is 2.20. The van der Waals surface area contributed by atoms with Crippen LogP contribution in [-0.4, -0.2) is 11.7 Å². The van der Waals surface area contributed by atoms with Crippen LogP contribution in [0.4, 0.5) is 0 Å². The maximum absolute atomic E-state index is 5.50. The molecule has 50 valence electrons. The standard InChI is InChI=1S/C5H5N.CH3N.ClH/c1-2-4-6-5-3-1;1-2;/h1-5H;2H,1H2;1H. The predicted molar refractivity (Wildman–Crippen MR) is 41.3 cm³/mol. The van der Waals surface area contributed by atoms with Crippen molar-refractivity contribution in [1.29, 1.82) is 5.41 Å². The van der Waals surface area contributed by atoms with Gasteiger partial charge in [0.05, 0.1) is 0 Å². The lowest BCUT2D eigenvalue weighted by atomic mass is 10.5. The summed E-state index contributed by atoms with van der Waals surface area (Å²) in [4.78, 5) is 3.78. The third kappa shape index (κ3) is 7.11. The van der Waals surface area contributed by atoms with Crippen molar-refractivity contribution >= 4 is 19.1 Å². The monoisotopic (exact) mass is 144 g/mol. The molecule has 0 fully saturated rings. The number of aromatic nitrogens is 1. The van der Waals surface area contributed by atoms with E-state index in [0.29, 0.717) is 0 Å². The summed E-state index contributed by atoms with van der Waals surface area (Å²) in [6.45, 7) is 2.50. The zero-order chi connectivity index (χ0) is 6.24. The van der Waals surface area contributed by atoms with Crippen molar-refractivity contribution in [1.82, 2.24) is 4.98 Å². The van der Waals surface area contributed by atoms with Crippen molar-refractivity contribution in [2.45, 2.75) is 0 Å². The minimum Gasteiger partial charge on any atom is -0.317 e. The van der Waals surface area contributed by atoms with Crippen molar-refractivity contribution in [3.05, 3.63) is 30.6 Å². The maximum atomic E-state index is 5.50. The van der Waals surface area contributed by atoms with Crippen LogP contribution < -0.4 is 0 Å². The maximum Gasteiger partial charge on any atom is 0.0267 e. The van der Waals surface area contributed by atoms with Crippen molar-refractivity contribution in [3.8, 4) is 0 Å². The highest BCUT2D eigenvalue weighted by atomic mass is 35.5. The second kappa shape index (κ2) is 10.2. The number of nitrogens with one attached hydrogen (secondary N) is 1. The first-order chi connectivity index (χ1) is 4.00.